The highest BCUT2D eigenvalue weighted by Gasteiger charge is 2.16. The third kappa shape index (κ3) is 3.29. The van der Waals surface area contributed by atoms with Crippen LogP contribution in [0.4, 0.5) is 0 Å². The van der Waals surface area contributed by atoms with Gasteiger partial charge in [-0.2, -0.15) is 5.10 Å². The van der Waals surface area contributed by atoms with Crippen LogP contribution in [0.5, 0.6) is 34.5 Å². The SMILES string of the molecule is COc1cc(-c2ccn(-c3cc(OC)c(O)c(OC)c3)n2)cc(OC)c1O. The van der Waals surface area contributed by atoms with Crippen LogP contribution in [-0.2, 0) is 0 Å². The van der Waals surface area contributed by atoms with Crippen LogP contribution in [0, 0.1) is 0 Å². The molecule has 2 N–H and O–H groups in total. The summed E-state index contributed by atoms with van der Waals surface area (Å²) in [5.41, 5.74) is 1.99. The van der Waals surface area contributed by atoms with E-state index in [1.54, 1.807) is 41.2 Å². The van der Waals surface area contributed by atoms with Crippen LogP contribution in [-0.4, -0.2) is 48.4 Å². The number of hydrogen-bond acceptors (Lipinski definition) is 7. The molecular weight excluding hydrogens is 352 g/mol. The molecule has 0 aliphatic carbocycles. The van der Waals surface area contributed by atoms with Crippen molar-refractivity contribution < 1.29 is 29.2 Å². The molecule has 0 unspecified atom stereocenters. The van der Waals surface area contributed by atoms with E-state index in [-0.39, 0.29) is 34.5 Å². The summed E-state index contributed by atoms with van der Waals surface area (Å²) in [6.45, 7) is 0. The zero-order valence-electron chi connectivity index (χ0n) is 15.4. The maximum atomic E-state index is 10.1. The molecule has 0 aliphatic heterocycles. The Kier molecular flexibility index (Phi) is 4.98. The normalized spacial score (nSPS) is 10.5. The molecule has 0 fully saturated rings. The molecule has 0 spiro atoms. The molecule has 2 aromatic carbocycles. The number of benzene rings is 2. The highest BCUT2D eigenvalue weighted by molar-refractivity contribution is 5.68. The average Bonchev–Trinajstić information content (AvgIpc) is 3.18. The van der Waals surface area contributed by atoms with Gasteiger partial charge in [-0.15, -0.1) is 0 Å². The molecule has 8 heteroatoms. The van der Waals surface area contributed by atoms with Crippen LogP contribution in [0.2, 0.25) is 0 Å². The first-order valence-corrected chi connectivity index (χ1v) is 7.98. The van der Waals surface area contributed by atoms with Crippen molar-refractivity contribution in [3.63, 3.8) is 0 Å². The Balaban J connectivity index is 2.06. The number of hydrogen-bond donors (Lipinski definition) is 2. The van der Waals surface area contributed by atoms with E-state index in [0.717, 1.165) is 0 Å². The third-order valence-corrected chi connectivity index (χ3v) is 4.09. The predicted octanol–water partition coefficient (Wildman–Crippen LogP) is 2.98. The lowest BCUT2D eigenvalue weighted by Crippen LogP contribution is -1.98. The van der Waals surface area contributed by atoms with Crippen molar-refractivity contribution in [3.05, 3.63) is 36.5 Å². The fourth-order valence-corrected chi connectivity index (χ4v) is 2.67. The summed E-state index contributed by atoms with van der Waals surface area (Å²) in [4.78, 5) is 0. The highest BCUT2D eigenvalue weighted by atomic mass is 16.5. The van der Waals surface area contributed by atoms with Crippen molar-refractivity contribution in [2.75, 3.05) is 28.4 Å². The lowest BCUT2D eigenvalue weighted by Gasteiger charge is -2.11. The Morgan fingerprint density at radius 2 is 1.19 bits per heavy atom. The summed E-state index contributed by atoms with van der Waals surface area (Å²) in [6, 6.07) is 8.43. The van der Waals surface area contributed by atoms with Gasteiger partial charge in [-0.05, 0) is 18.2 Å². The number of phenolic OH excluding ortho intramolecular Hbond substituents is 2. The summed E-state index contributed by atoms with van der Waals surface area (Å²) in [5.74, 6) is 0.961. The molecule has 0 amide bonds. The first-order chi connectivity index (χ1) is 13.0. The molecule has 0 aliphatic rings. The van der Waals surface area contributed by atoms with Crippen molar-refractivity contribution in [1.29, 1.82) is 0 Å². The Labute approximate surface area is 156 Å². The van der Waals surface area contributed by atoms with E-state index in [1.165, 1.54) is 28.4 Å². The predicted molar refractivity (Wildman–Crippen MR) is 98.5 cm³/mol. The fraction of sp³-hybridized carbons (Fsp3) is 0.211. The van der Waals surface area contributed by atoms with Crippen LogP contribution >= 0.6 is 0 Å². The fourth-order valence-electron chi connectivity index (χ4n) is 2.67. The van der Waals surface area contributed by atoms with Crippen molar-refractivity contribution in [2.45, 2.75) is 0 Å². The zero-order valence-corrected chi connectivity index (χ0v) is 15.4. The Hall–Kier alpha value is -3.55. The van der Waals surface area contributed by atoms with E-state index in [0.29, 0.717) is 16.9 Å². The maximum absolute atomic E-state index is 10.1. The van der Waals surface area contributed by atoms with Gasteiger partial charge in [-0.3, -0.25) is 0 Å². The molecule has 1 aromatic heterocycles. The second kappa shape index (κ2) is 7.36. The van der Waals surface area contributed by atoms with Gasteiger partial charge in [0.05, 0.1) is 39.8 Å². The second-order valence-corrected chi connectivity index (χ2v) is 5.57. The van der Waals surface area contributed by atoms with Gasteiger partial charge in [0.1, 0.15) is 0 Å². The molecule has 1 heterocycles. The molecule has 142 valence electrons. The Morgan fingerprint density at radius 3 is 1.63 bits per heavy atom. The van der Waals surface area contributed by atoms with E-state index in [1.807, 2.05) is 0 Å². The molecule has 0 saturated carbocycles. The van der Waals surface area contributed by atoms with Crippen LogP contribution in [0.1, 0.15) is 0 Å². The minimum atomic E-state index is -0.0795. The summed E-state index contributed by atoms with van der Waals surface area (Å²) < 4.78 is 22.4. The molecule has 3 rings (SSSR count). The molecule has 27 heavy (non-hydrogen) atoms. The monoisotopic (exact) mass is 372 g/mol. The molecule has 0 atom stereocenters. The second-order valence-electron chi connectivity index (χ2n) is 5.57. The van der Waals surface area contributed by atoms with Gasteiger partial charge in [0.15, 0.2) is 23.0 Å². The van der Waals surface area contributed by atoms with E-state index < -0.39 is 0 Å². The maximum Gasteiger partial charge on any atom is 0.200 e. The highest BCUT2D eigenvalue weighted by Crippen LogP contribution is 2.41. The van der Waals surface area contributed by atoms with Gasteiger partial charge in [0, 0.05) is 23.9 Å². The van der Waals surface area contributed by atoms with E-state index >= 15 is 0 Å². The molecule has 8 nitrogen and oxygen atoms in total. The standard InChI is InChI=1S/C19H20N2O6/c1-24-14-7-11(8-15(25-2)18(14)22)13-5-6-21(20-13)12-9-16(26-3)19(23)17(10-12)27-4/h5-10,22-23H,1-4H3. The van der Waals surface area contributed by atoms with Crippen molar-refractivity contribution >= 4 is 0 Å². The smallest absolute Gasteiger partial charge is 0.200 e. The van der Waals surface area contributed by atoms with E-state index in [2.05, 4.69) is 5.10 Å². The number of phenols is 2. The van der Waals surface area contributed by atoms with Crippen molar-refractivity contribution in [2.24, 2.45) is 0 Å². The minimum absolute atomic E-state index is 0.0730. The number of aromatic nitrogens is 2. The Bertz CT molecular complexity index is 841. The molecule has 0 radical (unpaired) electrons. The van der Waals surface area contributed by atoms with Gasteiger partial charge in [0.2, 0.25) is 11.5 Å². The third-order valence-electron chi connectivity index (χ3n) is 4.09. The zero-order chi connectivity index (χ0) is 19.6. The van der Waals surface area contributed by atoms with Gasteiger partial charge >= 0.3 is 0 Å². The molecule has 0 saturated heterocycles. The van der Waals surface area contributed by atoms with E-state index in [4.69, 9.17) is 18.9 Å². The first-order valence-electron chi connectivity index (χ1n) is 7.98. The summed E-state index contributed by atoms with van der Waals surface area (Å²) in [5, 5.41) is 24.7. The van der Waals surface area contributed by atoms with Crippen LogP contribution < -0.4 is 18.9 Å². The van der Waals surface area contributed by atoms with Crippen LogP contribution in [0.25, 0.3) is 16.9 Å². The van der Waals surface area contributed by atoms with Gasteiger partial charge in [0.25, 0.3) is 0 Å². The van der Waals surface area contributed by atoms with Gasteiger partial charge in [-0.25, -0.2) is 4.68 Å². The lowest BCUT2D eigenvalue weighted by atomic mass is 10.1. The average molecular weight is 372 g/mol. The quantitative estimate of drug-likeness (QED) is 0.687. The van der Waals surface area contributed by atoms with Crippen molar-refractivity contribution in [3.8, 4) is 51.4 Å². The lowest BCUT2D eigenvalue weighted by molar-refractivity contribution is 0.339. The topological polar surface area (TPSA) is 95.2 Å². The summed E-state index contributed by atoms with van der Waals surface area (Å²) >= 11 is 0. The number of nitrogens with zero attached hydrogens (tertiary/aromatic N) is 2. The number of aromatic hydroxyl groups is 2. The summed E-state index contributed by atoms with van der Waals surface area (Å²) in [6.07, 6.45) is 1.76. The number of ether oxygens (including phenoxy) is 4. The minimum Gasteiger partial charge on any atom is -0.502 e. The first kappa shape index (κ1) is 18.2. The molecule has 0 bridgehead atoms. The van der Waals surface area contributed by atoms with Gasteiger partial charge in [-0.1, -0.05) is 0 Å². The number of rotatable bonds is 6. The summed E-state index contributed by atoms with van der Waals surface area (Å²) in [7, 11) is 5.85. The van der Waals surface area contributed by atoms with E-state index in [9.17, 15) is 10.2 Å². The van der Waals surface area contributed by atoms with Crippen LogP contribution in [0.15, 0.2) is 36.5 Å². The Morgan fingerprint density at radius 1 is 0.741 bits per heavy atom. The molecule has 3 aromatic rings. The number of methoxy groups -OCH3 is 4. The largest absolute Gasteiger partial charge is 0.502 e. The van der Waals surface area contributed by atoms with Gasteiger partial charge < -0.3 is 29.2 Å². The van der Waals surface area contributed by atoms with Crippen molar-refractivity contribution in [1.82, 2.24) is 9.78 Å². The molecular formula is C19H20N2O6. The van der Waals surface area contributed by atoms with Crippen LogP contribution in [0.3, 0.4) is 0 Å².